The molecule has 3 atom stereocenters. The zero-order valence-electron chi connectivity index (χ0n) is 16.5. The SMILES string of the molecule is N#CC1C(=O)N(c2ccccc2O)C(N=Nc2ccc(S(=O)(=O)O)c(N)c2)C1CS(=O)(=O)O. The molecular weight excluding hydrogens is 478 g/mol. The largest absolute Gasteiger partial charge is 0.506 e. The first kappa shape index (κ1) is 24.1. The van der Waals surface area contributed by atoms with Crippen LogP contribution in [0, 0.1) is 23.2 Å². The highest BCUT2D eigenvalue weighted by Crippen LogP contribution is 2.40. The van der Waals surface area contributed by atoms with Crippen molar-refractivity contribution in [1.29, 1.82) is 5.26 Å². The number of nitrogens with zero attached hydrogens (tertiary/aromatic N) is 4. The second-order valence-electron chi connectivity index (χ2n) is 7.04. The van der Waals surface area contributed by atoms with Crippen LogP contribution in [0.15, 0.2) is 57.6 Å². The molecule has 0 bridgehead atoms. The number of carbonyl (C=O) groups is 1. The van der Waals surface area contributed by atoms with Gasteiger partial charge in [0.2, 0.25) is 5.91 Å². The molecule has 1 amide bonds. The van der Waals surface area contributed by atoms with Gasteiger partial charge in [0.25, 0.3) is 20.2 Å². The molecule has 2 aromatic carbocycles. The minimum atomic E-state index is -4.64. The Balaban J connectivity index is 2.10. The molecule has 13 nitrogen and oxygen atoms in total. The number of nitriles is 1. The number of amides is 1. The van der Waals surface area contributed by atoms with Gasteiger partial charge in [-0.1, -0.05) is 12.1 Å². The molecule has 1 aliphatic heterocycles. The van der Waals surface area contributed by atoms with Gasteiger partial charge in [-0.2, -0.15) is 32.3 Å². The highest BCUT2D eigenvalue weighted by molar-refractivity contribution is 7.86. The number of hydrogen-bond donors (Lipinski definition) is 4. The number of azo groups is 1. The van der Waals surface area contributed by atoms with Crippen molar-refractivity contribution in [2.24, 2.45) is 22.1 Å². The molecule has 0 aliphatic carbocycles. The van der Waals surface area contributed by atoms with Gasteiger partial charge < -0.3 is 10.8 Å². The van der Waals surface area contributed by atoms with Crippen LogP contribution in [-0.4, -0.2) is 48.9 Å². The van der Waals surface area contributed by atoms with Gasteiger partial charge in [-0.15, -0.1) is 0 Å². The number of nitrogens with two attached hydrogens (primary N) is 1. The van der Waals surface area contributed by atoms with Crippen molar-refractivity contribution in [3.8, 4) is 11.8 Å². The van der Waals surface area contributed by atoms with Gasteiger partial charge in [0.15, 0.2) is 6.17 Å². The Bertz CT molecular complexity index is 1380. The number of phenols is 1. The summed E-state index contributed by atoms with van der Waals surface area (Å²) in [6, 6.07) is 10.5. The molecule has 2 aromatic rings. The summed E-state index contributed by atoms with van der Waals surface area (Å²) < 4.78 is 64.2. The number of hydrogen-bond acceptors (Lipinski definition) is 10. The summed E-state index contributed by atoms with van der Waals surface area (Å²) in [5.74, 6) is -5.08. The van der Waals surface area contributed by atoms with Gasteiger partial charge >= 0.3 is 0 Å². The quantitative estimate of drug-likeness (QED) is 0.255. The predicted molar refractivity (Wildman–Crippen MR) is 114 cm³/mol. The molecule has 0 aromatic heterocycles. The highest BCUT2D eigenvalue weighted by Gasteiger charge is 2.51. The molecule has 3 rings (SSSR count). The Hall–Kier alpha value is -3.58. The Morgan fingerprint density at radius 3 is 2.33 bits per heavy atom. The molecule has 0 saturated carbocycles. The average Bonchev–Trinajstić information content (AvgIpc) is 2.94. The van der Waals surface area contributed by atoms with Crippen molar-refractivity contribution in [3.05, 3.63) is 42.5 Å². The minimum Gasteiger partial charge on any atom is -0.506 e. The number of aromatic hydroxyl groups is 1. The Morgan fingerprint density at radius 2 is 1.79 bits per heavy atom. The van der Waals surface area contributed by atoms with E-state index in [-0.39, 0.29) is 22.8 Å². The first-order chi connectivity index (χ1) is 15.3. The summed E-state index contributed by atoms with van der Waals surface area (Å²) in [6.45, 7) is 0. The highest BCUT2D eigenvalue weighted by atomic mass is 32.2. The molecule has 3 unspecified atom stereocenters. The third-order valence-corrected chi connectivity index (χ3v) is 6.56. The summed E-state index contributed by atoms with van der Waals surface area (Å²) in [5.41, 5.74) is 5.18. The van der Waals surface area contributed by atoms with E-state index in [1.54, 1.807) is 6.07 Å². The van der Waals surface area contributed by atoms with Gasteiger partial charge in [-0.3, -0.25) is 18.8 Å². The fourth-order valence-electron chi connectivity index (χ4n) is 3.43. The fourth-order valence-corrected chi connectivity index (χ4v) is 4.88. The maximum absolute atomic E-state index is 12.9. The van der Waals surface area contributed by atoms with E-state index in [9.17, 15) is 36.6 Å². The maximum atomic E-state index is 12.9. The number of phenolic OH excluding ortho intramolecular Hbond substituents is 1. The van der Waals surface area contributed by atoms with Crippen molar-refractivity contribution in [1.82, 2.24) is 0 Å². The van der Waals surface area contributed by atoms with Crippen LogP contribution < -0.4 is 10.6 Å². The second kappa shape index (κ2) is 8.75. The van der Waals surface area contributed by atoms with E-state index >= 15 is 0 Å². The molecule has 1 fully saturated rings. The van der Waals surface area contributed by atoms with Gasteiger partial charge in [-0.25, -0.2) is 0 Å². The lowest BCUT2D eigenvalue weighted by Gasteiger charge is -2.24. The normalized spacial score (nSPS) is 21.4. The number of benzene rings is 2. The van der Waals surface area contributed by atoms with Crippen molar-refractivity contribution >= 4 is 43.2 Å². The number of anilines is 2. The van der Waals surface area contributed by atoms with Crippen LogP contribution in [0.1, 0.15) is 0 Å². The van der Waals surface area contributed by atoms with Gasteiger partial charge in [-0.05, 0) is 30.3 Å². The maximum Gasteiger partial charge on any atom is 0.296 e. The Morgan fingerprint density at radius 1 is 1.12 bits per heavy atom. The summed E-state index contributed by atoms with van der Waals surface area (Å²) in [5, 5.41) is 27.5. The lowest BCUT2D eigenvalue weighted by atomic mass is 9.97. The van der Waals surface area contributed by atoms with Crippen LogP contribution in [0.4, 0.5) is 17.1 Å². The molecular formula is C18H17N5O8S2. The first-order valence-corrected chi connectivity index (χ1v) is 12.1. The molecule has 15 heteroatoms. The molecule has 1 aliphatic rings. The van der Waals surface area contributed by atoms with Crippen LogP contribution >= 0.6 is 0 Å². The van der Waals surface area contributed by atoms with E-state index in [4.69, 9.17) is 10.3 Å². The van der Waals surface area contributed by atoms with Crippen LogP contribution in [0.5, 0.6) is 5.75 Å². The molecule has 1 heterocycles. The third kappa shape index (κ3) is 5.09. The molecule has 33 heavy (non-hydrogen) atoms. The average molecular weight is 495 g/mol. The van der Waals surface area contributed by atoms with Gasteiger partial charge in [0.05, 0.1) is 28.9 Å². The number of para-hydroxylation sites is 2. The topological polar surface area (TPSA) is 224 Å². The fraction of sp³-hybridized carbons (Fsp3) is 0.222. The smallest absolute Gasteiger partial charge is 0.296 e. The molecule has 0 radical (unpaired) electrons. The van der Waals surface area contributed by atoms with E-state index in [0.29, 0.717) is 0 Å². The number of carbonyl (C=O) groups excluding carboxylic acids is 1. The number of rotatable bonds is 6. The molecule has 5 N–H and O–H groups in total. The van der Waals surface area contributed by atoms with Crippen LogP contribution in [0.2, 0.25) is 0 Å². The van der Waals surface area contributed by atoms with E-state index in [2.05, 4.69) is 10.2 Å². The third-order valence-electron chi connectivity index (χ3n) is 4.83. The van der Waals surface area contributed by atoms with Gasteiger partial charge in [0.1, 0.15) is 16.6 Å². The molecule has 174 valence electrons. The Kier molecular flexibility index (Phi) is 6.38. The summed E-state index contributed by atoms with van der Waals surface area (Å²) in [7, 11) is -9.23. The minimum absolute atomic E-state index is 0.0180. The Labute approximate surface area is 188 Å². The van der Waals surface area contributed by atoms with Crippen molar-refractivity contribution in [2.75, 3.05) is 16.4 Å². The second-order valence-corrected chi connectivity index (χ2v) is 9.93. The van der Waals surface area contributed by atoms with E-state index < -0.39 is 54.8 Å². The van der Waals surface area contributed by atoms with Crippen LogP contribution in [0.25, 0.3) is 0 Å². The van der Waals surface area contributed by atoms with Crippen molar-refractivity contribution in [3.63, 3.8) is 0 Å². The predicted octanol–water partition coefficient (Wildman–Crippen LogP) is 1.32. The summed E-state index contributed by atoms with van der Waals surface area (Å²) >= 11 is 0. The first-order valence-electron chi connectivity index (χ1n) is 9.07. The van der Waals surface area contributed by atoms with Crippen LogP contribution in [-0.2, 0) is 25.0 Å². The van der Waals surface area contributed by atoms with Crippen molar-refractivity contribution in [2.45, 2.75) is 11.1 Å². The zero-order chi connectivity index (χ0) is 24.6. The van der Waals surface area contributed by atoms with E-state index in [1.807, 2.05) is 0 Å². The monoisotopic (exact) mass is 495 g/mol. The molecule has 0 spiro atoms. The lowest BCUT2D eigenvalue weighted by molar-refractivity contribution is -0.119. The molecule has 1 saturated heterocycles. The van der Waals surface area contributed by atoms with E-state index in [0.717, 1.165) is 23.1 Å². The van der Waals surface area contributed by atoms with E-state index in [1.165, 1.54) is 24.3 Å². The van der Waals surface area contributed by atoms with Crippen molar-refractivity contribution < 1.29 is 35.8 Å². The summed E-state index contributed by atoms with van der Waals surface area (Å²) in [6.07, 6.45) is -1.43. The lowest BCUT2D eigenvalue weighted by Crippen LogP contribution is -2.35. The van der Waals surface area contributed by atoms with Crippen LogP contribution in [0.3, 0.4) is 0 Å². The zero-order valence-corrected chi connectivity index (χ0v) is 18.2. The summed E-state index contributed by atoms with van der Waals surface area (Å²) in [4.78, 5) is 13.2. The number of nitrogen functional groups attached to an aromatic ring is 1. The van der Waals surface area contributed by atoms with Gasteiger partial charge in [0, 0.05) is 5.92 Å². The standard InChI is InChI=1S/C18H17N5O8S2/c19-8-11-12(9-32(26,27)28)17(23(18(11)25)14-3-1-2-4-15(14)24)22-21-10-5-6-16(13(20)7-10)33(29,30)31/h1-7,11-12,17,24H,9,20H2,(H,26,27,28)(H,29,30,31).